The minimum atomic E-state index is -0.310. The Morgan fingerprint density at radius 2 is 2.11 bits per heavy atom. The molecule has 1 saturated heterocycles. The molecule has 0 bridgehead atoms. The Morgan fingerprint density at radius 1 is 1.37 bits per heavy atom. The van der Waals surface area contributed by atoms with Gasteiger partial charge in [-0.25, -0.2) is 9.78 Å². The van der Waals surface area contributed by atoms with Crippen LogP contribution in [0.15, 0.2) is 11.1 Å². The third kappa shape index (κ3) is 1.85. The van der Waals surface area contributed by atoms with E-state index in [2.05, 4.69) is 15.0 Å². The van der Waals surface area contributed by atoms with Crippen LogP contribution in [0.2, 0.25) is 0 Å². The van der Waals surface area contributed by atoms with Crippen LogP contribution in [0.1, 0.15) is 18.9 Å². The van der Waals surface area contributed by atoms with E-state index in [0.717, 1.165) is 6.41 Å². The largest absolute Gasteiger partial charge is 0.492 e. The second-order valence-electron chi connectivity index (χ2n) is 4.57. The van der Waals surface area contributed by atoms with E-state index in [4.69, 9.17) is 0 Å². The first-order chi connectivity index (χ1) is 9.20. The molecule has 1 fully saturated rings. The summed E-state index contributed by atoms with van der Waals surface area (Å²) in [6, 6.07) is -0.0215. The Balaban J connectivity index is 2.02. The number of likely N-dealkylation sites (tertiary alicyclic amines) is 1. The summed E-state index contributed by atoms with van der Waals surface area (Å²) in [5, 5.41) is 9.60. The average Bonchev–Trinajstić information content (AvgIpc) is 2.77. The van der Waals surface area contributed by atoms with E-state index >= 15 is 0 Å². The zero-order valence-corrected chi connectivity index (χ0v) is 10.1. The van der Waals surface area contributed by atoms with Crippen LogP contribution in [0.25, 0.3) is 11.2 Å². The van der Waals surface area contributed by atoms with Crippen LogP contribution in [-0.2, 0) is 4.79 Å². The minimum Gasteiger partial charge on any atom is -0.492 e. The third-order valence-electron chi connectivity index (χ3n) is 3.50. The third-order valence-corrected chi connectivity index (χ3v) is 3.50. The molecule has 3 rings (SSSR count). The number of H-pyrrole nitrogens is 1. The molecule has 8 nitrogen and oxygen atoms in total. The summed E-state index contributed by atoms with van der Waals surface area (Å²) in [6.07, 6.45) is 3.43. The van der Waals surface area contributed by atoms with Gasteiger partial charge < -0.3 is 10.0 Å². The quantitative estimate of drug-likeness (QED) is 0.719. The number of amides is 1. The number of imidazole rings is 1. The highest BCUT2D eigenvalue weighted by molar-refractivity contribution is 5.75. The van der Waals surface area contributed by atoms with Gasteiger partial charge in [-0.1, -0.05) is 0 Å². The molecule has 0 aliphatic carbocycles. The lowest BCUT2D eigenvalue weighted by molar-refractivity contribution is -0.119. The smallest absolute Gasteiger partial charge is 0.328 e. The van der Waals surface area contributed by atoms with Gasteiger partial charge >= 0.3 is 5.69 Å². The van der Waals surface area contributed by atoms with Crippen molar-refractivity contribution in [3.8, 4) is 5.88 Å². The van der Waals surface area contributed by atoms with Gasteiger partial charge in [0.05, 0.1) is 0 Å². The predicted molar refractivity (Wildman–Crippen MR) is 65.7 cm³/mol. The van der Waals surface area contributed by atoms with Gasteiger partial charge in [0.1, 0.15) is 11.8 Å². The SMILES string of the molecule is O=CN1CCC(n2c(=O)[nH]c3c(O)ncnc32)CC1. The monoisotopic (exact) mass is 263 g/mol. The molecule has 1 aliphatic heterocycles. The number of fused-ring (bicyclic) bond motifs is 1. The molecule has 2 aromatic rings. The molecule has 0 radical (unpaired) electrons. The van der Waals surface area contributed by atoms with E-state index in [1.807, 2.05) is 0 Å². The van der Waals surface area contributed by atoms with Gasteiger partial charge in [0, 0.05) is 19.1 Å². The molecule has 1 aliphatic rings. The molecule has 0 aromatic carbocycles. The van der Waals surface area contributed by atoms with Gasteiger partial charge in [0.2, 0.25) is 12.3 Å². The second kappa shape index (κ2) is 4.38. The zero-order chi connectivity index (χ0) is 13.4. The molecular weight excluding hydrogens is 250 g/mol. The maximum Gasteiger partial charge on any atom is 0.328 e. The van der Waals surface area contributed by atoms with Gasteiger partial charge in [-0.15, -0.1) is 0 Å². The van der Waals surface area contributed by atoms with Crippen molar-refractivity contribution in [2.75, 3.05) is 13.1 Å². The second-order valence-corrected chi connectivity index (χ2v) is 4.57. The Bertz CT molecular complexity index is 669. The summed E-state index contributed by atoms with van der Waals surface area (Å²) in [7, 11) is 0. The summed E-state index contributed by atoms with van der Waals surface area (Å²) in [6.45, 7) is 1.23. The molecule has 3 heterocycles. The van der Waals surface area contributed by atoms with Crippen molar-refractivity contribution in [2.24, 2.45) is 0 Å². The van der Waals surface area contributed by atoms with Crippen LogP contribution in [0.4, 0.5) is 0 Å². The van der Waals surface area contributed by atoms with Crippen LogP contribution in [0.3, 0.4) is 0 Å². The number of aromatic amines is 1. The number of hydrogen-bond donors (Lipinski definition) is 2. The number of piperidine rings is 1. The molecule has 0 saturated carbocycles. The van der Waals surface area contributed by atoms with E-state index in [9.17, 15) is 14.7 Å². The molecule has 0 unspecified atom stereocenters. The topological polar surface area (TPSA) is 104 Å². The van der Waals surface area contributed by atoms with Crippen molar-refractivity contribution in [3.63, 3.8) is 0 Å². The minimum absolute atomic E-state index is 0.0215. The van der Waals surface area contributed by atoms with E-state index in [1.165, 1.54) is 6.33 Å². The highest BCUT2D eigenvalue weighted by Gasteiger charge is 2.24. The maximum atomic E-state index is 12.0. The van der Waals surface area contributed by atoms with E-state index < -0.39 is 0 Å². The maximum absolute atomic E-state index is 12.0. The lowest BCUT2D eigenvalue weighted by Gasteiger charge is -2.29. The first-order valence-electron chi connectivity index (χ1n) is 6.04. The number of carbonyl (C=O) groups excluding carboxylic acids is 1. The van der Waals surface area contributed by atoms with Gasteiger partial charge in [-0.3, -0.25) is 14.3 Å². The van der Waals surface area contributed by atoms with E-state index in [1.54, 1.807) is 9.47 Å². The summed E-state index contributed by atoms with van der Waals surface area (Å²) in [5.41, 5.74) is 0.350. The average molecular weight is 263 g/mol. The standard InChI is InChI=1S/C11H13N5O3/c17-6-15-3-1-7(2-4-15)16-9-8(14-11(16)19)10(18)13-5-12-9/h5-7H,1-4H2,(H,14,19)(H,12,13,18). The molecule has 0 atom stereocenters. The van der Waals surface area contributed by atoms with Crippen molar-refractivity contribution < 1.29 is 9.90 Å². The summed E-state index contributed by atoms with van der Waals surface area (Å²) < 4.78 is 1.54. The number of rotatable bonds is 2. The lowest BCUT2D eigenvalue weighted by atomic mass is 10.1. The molecule has 2 aromatic heterocycles. The van der Waals surface area contributed by atoms with Crippen molar-refractivity contribution in [1.82, 2.24) is 24.4 Å². The Labute approximate surface area is 107 Å². The van der Waals surface area contributed by atoms with Gasteiger partial charge in [0.15, 0.2) is 5.65 Å². The Morgan fingerprint density at radius 3 is 2.79 bits per heavy atom. The number of nitrogens with one attached hydrogen (secondary N) is 1. The Hall–Kier alpha value is -2.38. The fourth-order valence-electron chi connectivity index (χ4n) is 2.51. The van der Waals surface area contributed by atoms with Crippen molar-refractivity contribution in [2.45, 2.75) is 18.9 Å². The highest BCUT2D eigenvalue weighted by atomic mass is 16.3. The molecule has 100 valence electrons. The predicted octanol–water partition coefficient (Wildman–Crippen LogP) is -0.382. The number of hydrogen-bond acceptors (Lipinski definition) is 5. The molecule has 8 heteroatoms. The summed E-state index contributed by atoms with van der Waals surface area (Å²) in [4.78, 5) is 34.6. The first-order valence-corrected chi connectivity index (χ1v) is 6.04. The normalized spacial score (nSPS) is 16.9. The lowest BCUT2D eigenvalue weighted by Crippen LogP contribution is -2.36. The number of carbonyl (C=O) groups is 1. The van der Waals surface area contributed by atoms with Crippen LogP contribution < -0.4 is 5.69 Å². The van der Waals surface area contributed by atoms with Gasteiger partial charge in [-0.2, -0.15) is 4.98 Å². The number of aromatic hydroxyl groups is 1. The van der Waals surface area contributed by atoms with E-state index in [0.29, 0.717) is 31.6 Å². The zero-order valence-electron chi connectivity index (χ0n) is 10.1. The Kier molecular flexibility index (Phi) is 2.69. The highest BCUT2D eigenvalue weighted by Crippen LogP contribution is 2.25. The molecular formula is C11H13N5O3. The van der Waals surface area contributed by atoms with E-state index in [-0.39, 0.29) is 23.1 Å². The van der Waals surface area contributed by atoms with Crippen molar-refractivity contribution in [1.29, 1.82) is 0 Å². The molecule has 1 amide bonds. The fourth-order valence-corrected chi connectivity index (χ4v) is 2.51. The van der Waals surface area contributed by atoms with Crippen LogP contribution in [0, 0.1) is 0 Å². The van der Waals surface area contributed by atoms with Crippen molar-refractivity contribution in [3.05, 3.63) is 16.8 Å². The molecule has 19 heavy (non-hydrogen) atoms. The van der Waals surface area contributed by atoms with Crippen LogP contribution in [0.5, 0.6) is 5.88 Å². The number of nitrogens with zero attached hydrogens (tertiary/aromatic N) is 4. The first kappa shape index (κ1) is 11.7. The van der Waals surface area contributed by atoms with Gasteiger partial charge in [-0.05, 0) is 12.8 Å². The summed E-state index contributed by atoms with van der Waals surface area (Å²) >= 11 is 0. The van der Waals surface area contributed by atoms with Crippen LogP contribution >= 0.6 is 0 Å². The van der Waals surface area contributed by atoms with Crippen LogP contribution in [-0.4, -0.2) is 49.0 Å². The summed E-state index contributed by atoms with van der Waals surface area (Å²) in [5.74, 6) is -0.230. The van der Waals surface area contributed by atoms with Crippen molar-refractivity contribution >= 4 is 17.6 Å². The fraction of sp³-hybridized carbons (Fsp3) is 0.455. The van der Waals surface area contributed by atoms with Gasteiger partial charge in [0.25, 0.3) is 0 Å². The molecule has 0 spiro atoms. The number of aromatic nitrogens is 4. The molecule has 2 N–H and O–H groups in total.